The summed E-state index contributed by atoms with van der Waals surface area (Å²) in [5.41, 5.74) is 0.847. The fourth-order valence-corrected chi connectivity index (χ4v) is 2.43. The largest absolute Gasteiger partial charge is 0.508 e. The van der Waals surface area contributed by atoms with Crippen molar-refractivity contribution in [3.63, 3.8) is 0 Å². The average molecular weight is 327 g/mol. The molecule has 5 atom stereocenters. The third-order valence-corrected chi connectivity index (χ3v) is 3.80. The predicted octanol–water partition coefficient (Wildman–Crippen LogP) is -1.76. The lowest BCUT2D eigenvalue weighted by atomic mass is 9.97. The first-order valence-corrected chi connectivity index (χ1v) is 7.30. The molecule has 0 aromatic heterocycles. The van der Waals surface area contributed by atoms with Crippen LogP contribution in [0.2, 0.25) is 0 Å². The molecule has 1 fully saturated rings. The fourth-order valence-electron chi connectivity index (χ4n) is 2.43. The number of aliphatic hydroxyl groups is 4. The molecule has 2 rings (SSSR count). The quantitative estimate of drug-likeness (QED) is 0.376. The molecular weight excluding hydrogens is 306 g/mol. The van der Waals surface area contributed by atoms with E-state index in [1.54, 1.807) is 12.1 Å². The molecule has 1 aliphatic rings. The molecule has 0 radical (unpaired) electrons. The van der Waals surface area contributed by atoms with Crippen LogP contribution in [0, 0.1) is 0 Å². The van der Waals surface area contributed by atoms with Crippen LogP contribution in [0.15, 0.2) is 24.3 Å². The molecule has 0 saturated carbocycles. The van der Waals surface area contributed by atoms with Gasteiger partial charge in [-0.2, -0.15) is 0 Å². The number of benzene rings is 1. The van der Waals surface area contributed by atoms with Gasteiger partial charge in [-0.25, -0.2) is 0 Å². The molecular formula is C15H21NO7. The minimum atomic E-state index is -1.52. The zero-order chi connectivity index (χ0) is 17.0. The Morgan fingerprint density at radius 3 is 2.39 bits per heavy atom. The lowest BCUT2D eigenvalue weighted by molar-refractivity contribution is -0.253. The highest BCUT2D eigenvalue weighted by Crippen LogP contribution is 2.20. The lowest BCUT2D eigenvalue weighted by Gasteiger charge is -2.40. The molecule has 1 aliphatic heterocycles. The smallest absolute Gasteiger partial charge is 0.220 e. The zero-order valence-corrected chi connectivity index (χ0v) is 12.4. The highest BCUT2D eigenvalue weighted by molar-refractivity contribution is 5.76. The van der Waals surface area contributed by atoms with E-state index in [-0.39, 0.29) is 12.2 Å². The number of aliphatic hydroxyl groups excluding tert-OH is 4. The first kappa shape index (κ1) is 17.6. The number of phenols is 1. The van der Waals surface area contributed by atoms with Crippen LogP contribution in [-0.2, 0) is 16.0 Å². The number of hydrogen-bond donors (Lipinski definition) is 6. The van der Waals surface area contributed by atoms with E-state index in [4.69, 9.17) is 9.84 Å². The number of nitrogens with one attached hydrogen (secondary N) is 1. The van der Waals surface area contributed by atoms with Crippen molar-refractivity contribution < 1.29 is 35.1 Å². The second kappa shape index (κ2) is 7.71. The topological polar surface area (TPSA) is 139 Å². The Bertz CT molecular complexity index is 521. The molecule has 23 heavy (non-hydrogen) atoms. The molecule has 1 aromatic carbocycles. The summed E-state index contributed by atoms with van der Waals surface area (Å²) < 4.78 is 4.96. The van der Waals surface area contributed by atoms with Gasteiger partial charge in [0.05, 0.1) is 6.61 Å². The van der Waals surface area contributed by atoms with Crippen LogP contribution in [-0.4, -0.2) is 68.7 Å². The van der Waals surface area contributed by atoms with Crippen molar-refractivity contribution in [2.75, 3.05) is 6.61 Å². The van der Waals surface area contributed by atoms with Gasteiger partial charge in [-0.05, 0) is 24.1 Å². The molecule has 1 aromatic rings. The number of ether oxygens (including phenoxy) is 1. The first-order valence-electron chi connectivity index (χ1n) is 7.30. The van der Waals surface area contributed by atoms with Crippen molar-refractivity contribution in [1.29, 1.82) is 0 Å². The van der Waals surface area contributed by atoms with E-state index in [9.17, 15) is 25.2 Å². The van der Waals surface area contributed by atoms with Gasteiger partial charge in [0.1, 0.15) is 30.1 Å². The number of amides is 1. The summed E-state index contributed by atoms with van der Waals surface area (Å²) >= 11 is 0. The Labute approximate surface area is 133 Å². The summed E-state index contributed by atoms with van der Waals surface area (Å²) in [7, 11) is 0. The molecule has 1 saturated heterocycles. The standard InChI is InChI=1S/C15H21NO7/c17-7-10-13(20)14(21)12(15(22)23-10)16-11(19)6-3-8-1-4-9(18)5-2-8/h1-2,4-5,10,12-15,17-18,20-22H,3,6-7H2,(H,16,19)/t10-,12-,13-,14-,15+/m1/s1. The number of aryl methyl sites for hydroxylation is 1. The van der Waals surface area contributed by atoms with Crippen molar-refractivity contribution in [2.24, 2.45) is 0 Å². The van der Waals surface area contributed by atoms with E-state index in [2.05, 4.69) is 5.32 Å². The highest BCUT2D eigenvalue weighted by Gasteiger charge is 2.44. The van der Waals surface area contributed by atoms with Crippen molar-refractivity contribution in [3.05, 3.63) is 29.8 Å². The number of aromatic hydroxyl groups is 1. The normalized spacial score (nSPS) is 30.9. The molecule has 1 amide bonds. The number of hydrogen-bond acceptors (Lipinski definition) is 7. The van der Waals surface area contributed by atoms with Gasteiger partial charge in [0.25, 0.3) is 0 Å². The maximum atomic E-state index is 11.9. The zero-order valence-electron chi connectivity index (χ0n) is 12.4. The summed E-state index contributed by atoms with van der Waals surface area (Å²) in [5.74, 6) is -0.296. The number of rotatable bonds is 5. The molecule has 8 heteroatoms. The summed E-state index contributed by atoms with van der Waals surface area (Å²) in [4.78, 5) is 11.9. The molecule has 8 nitrogen and oxygen atoms in total. The van der Waals surface area contributed by atoms with Crippen molar-refractivity contribution in [1.82, 2.24) is 5.32 Å². The lowest BCUT2D eigenvalue weighted by Crippen LogP contribution is -2.64. The van der Waals surface area contributed by atoms with Crippen LogP contribution in [0.4, 0.5) is 0 Å². The van der Waals surface area contributed by atoms with Crippen LogP contribution in [0.1, 0.15) is 12.0 Å². The number of carbonyl (C=O) groups excluding carboxylic acids is 1. The highest BCUT2D eigenvalue weighted by atomic mass is 16.6. The van der Waals surface area contributed by atoms with Gasteiger partial charge in [0, 0.05) is 6.42 Å². The second-order valence-electron chi connectivity index (χ2n) is 5.49. The first-order chi connectivity index (χ1) is 10.9. The number of phenolic OH excluding ortho intramolecular Hbond substituents is 1. The Balaban J connectivity index is 1.87. The summed E-state index contributed by atoms with van der Waals surface area (Å²) in [5, 5.41) is 50.0. The van der Waals surface area contributed by atoms with Crippen molar-refractivity contribution in [3.8, 4) is 5.75 Å². The van der Waals surface area contributed by atoms with E-state index >= 15 is 0 Å². The van der Waals surface area contributed by atoms with Gasteiger partial charge in [0.15, 0.2) is 6.29 Å². The summed E-state index contributed by atoms with van der Waals surface area (Å²) in [6.45, 7) is -0.559. The van der Waals surface area contributed by atoms with Gasteiger partial charge in [-0.3, -0.25) is 4.79 Å². The Morgan fingerprint density at radius 1 is 1.13 bits per heavy atom. The van der Waals surface area contributed by atoms with Crippen LogP contribution in [0.3, 0.4) is 0 Å². The summed E-state index contributed by atoms with van der Waals surface area (Å²) in [6, 6.07) is 5.22. The van der Waals surface area contributed by atoms with E-state index in [1.165, 1.54) is 12.1 Å². The van der Waals surface area contributed by atoms with Gasteiger partial charge in [0.2, 0.25) is 5.91 Å². The van der Waals surface area contributed by atoms with E-state index in [0.29, 0.717) is 6.42 Å². The molecule has 0 aliphatic carbocycles. The maximum Gasteiger partial charge on any atom is 0.220 e. The van der Waals surface area contributed by atoms with Gasteiger partial charge in [-0.15, -0.1) is 0 Å². The van der Waals surface area contributed by atoms with Gasteiger partial charge in [-0.1, -0.05) is 12.1 Å². The third kappa shape index (κ3) is 4.40. The second-order valence-corrected chi connectivity index (χ2v) is 5.49. The number of carbonyl (C=O) groups is 1. The Hall–Kier alpha value is -1.71. The molecule has 0 bridgehead atoms. The Kier molecular flexibility index (Phi) is 5.91. The molecule has 0 unspecified atom stereocenters. The van der Waals surface area contributed by atoms with Crippen LogP contribution in [0.25, 0.3) is 0 Å². The van der Waals surface area contributed by atoms with Crippen LogP contribution < -0.4 is 5.32 Å². The minimum Gasteiger partial charge on any atom is -0.508 e. The van der Waals surface area contributed by atoms with Crippen molar-refractivity contribution in [2.45, 2.75) is 43.5 Å². The molecule has 1 heterocycles. The molecule has 128 valence electrons. The predicted molar refractivity (Wildman–Crippen MR) is 78.3 cm³/mol. The third-order valence-electron chi connectivity index (χ3n) is 3.80. The maximum absolute atomic E-state index is 11.9. The van der Waals surface area contributed by atoms with Gasteiger partial charge < -0.3 is 35.6 Å². The minimum absolute atomic E-state index is 0.0975. The molecule has 6 N–H and O–H groups in total. The van der Waals surface area contributed by atoms with E-state index < -0.39 is 43.2 Å². The van der Waals surface area contributed by atoms with E-state index in [1.807, 2.05) is 0 Å². The molecule has 0 spiro atoms. The van der Waals surface area contributed by atoms with Crippen LogP contribution in [0.5, 0.6) is 5.75 Å². The monoisotopic (exact) mass is 327 g/mol. The van der Waals surface area contributed by atoms with Gasteiger partial charge >= 0.3 is 0 Å². The summed E-state index contributed by atoms with van der Waals surface area (Å²) in [6.07, 6.45) is -4.99. The fraction of sp³-hybridized carbons (Fsp3) is 0.533. The Morgan fingerprint density at radius 2 is 1.78 bits per heavy atom. The SMILES string of the molecule is O=C(CCc1ccc(O)cc1)N[C@@H]1[C@@H](O)[C@H](O)[C@@H](CO)O[C@@H]1O. The van der Waals surface area contributed by atoms with E-state index in [0.717, 1.165) is 5.56 Å². The van der Waals surface area contributed by atoms with Crippen molar-refractivity contribution >= 4 is 5.91 Å². The average Bonchev–Trinajstić information content (AvgIpc) is 2.54. The van der Waals surface area contributed by atoms with Crippen LogP contribution >= 0.6 is 0 Å².